The third-order valence-electron chi connectivity index (χ3n) is 4.56. The molecule has 146 valence electrons. The summed E-state index contributed by atoms with van der Waals surface area (Å²) in [4.78, 5) is 18.2. The summed E-state index contributed by atoms with van der Waals surface area (Å²) in [5.74, 6) is 0.547. The van der Waals surface area contributed by atoms with Gasteiger partial charge in [0.1, 0.15) is 18.0 Å². The van der Waals surface area contributed by atoms with Gasteiger partial charge < -0.3 is 14.5 Å². The van der Waals surface area contributed by atoms with Gasteiger partial charge in [-0.3, -0.25) is 4.79 Å². The molecule has 0 aliphatic rings. The van der Waals surface area contributed by atoms with Crippen LogP contribution in [0, 0.1) is 6.92 Å². The van der Waals surface area contributed by atoms with Gasteiger partial charge in [0.05, 0.1) is 5.69 Å². The maximum Gasteiger partial charge on any atom is 0.255 e. The van der Waals surface area contributed by atoms with E-state index in [0.717, 1.165) is 27.5 Å². The second-order valence-electron chi connectivity index (χ2n) is 6.65. The standard InChI is InChI=1S/C23H21N3O2S/c1-16-5-4-12-26-14-19(24-22(16)26)15-28-20-10-8-17(9-11-20)23(27)25-18-6-3-7-21(13-18)29-2/h3-14H,15H2,1-2H3,(H,25,27). The van der Waals surface area contributed by atoms with E-state index in [-0.39, 0.29) is 5.91 Å². The highest BCUT2D eigenvalue weighted by molar-refractivity contribution is 7.98. The van der Waals surface area contributed by atoms with Gasteiger partial charge in [0, 0.05) is 28.5 Å². The van der Waals surface area contributed by atoms with Crippen molar-refractivity contribution in [2.45, 2.75) is 18.4 Å². The van der Waals surface area contributed by atoms with Gasteiger partial charge in [-0.05, 0) is 67.3 Å². The molecule has 2 aromatic heterocycles. The predicted molar refractivity (Wildman–Crippen MR) is 117 cm³/mol. The summed E-state index contributed by atoms with van der Waals surface area (Å²) in [7, 11) is 0. The Morgan fingerprint density at radius 1 is 1.14 bits per heavy atom. The molecule has 0 bridgehead atoms. The first kappa shape index (κ1) is 19.1. The Morgan fingerprint density at radius 3 is 2.72 bits per heavy atom. The number of fused-ring (bicyclic) bond motifs is 1. The first-order chi connectivity index (χ1) is 14.1. The molecule has 0 aliphatic carbocycles. The van der Waals surface area contributed by atoms with Crippen LogP contribution in [0.1, 0.15) is 21.6 Å². The normalized spacial score (nSPS) is 10.8. The lowest BCUT2D eigenvalue weighted by molar-refractivity contribution is 0.102. The molecule has 0 fully saturated rings. The van der Waals surface area contributed by atoms with E-state index in [1.54, 1.807) is 36.0 Å². The number of carbonyl (C=O) groups excluding carboxylic acids is 1. The van der Waals surface area contributed by atoms with E-state index in [1.807, 2.05) is 66.4 Å². The summed E-state index contributed by atoms with van der Waals surface area (Å²) in [6.07, 6.45) is 5.95. The number of nitrogens with zero attached hydrogens (tertiary/aromatic N) is 2. The van der Waals surface area contributed by atoms with Crippen LogP contribution in [0.2, 0.25) is 0 Å². The number of benzene rings is 2. The molecule has 29 heavy (non-hydrogen) atoms. The molecule has 0 aliphatic heterocycles. The van der Waals surface area contributed by atoms with Crippen LogP contribution in [-0.4, -0.2) is 21.5 Å². The highest BCUT2D eigenvalue weighted by Crippen LogP contribution is 2.20. The van der Waals surface area contributed by atoms with Gasteiger partial charge >= 0.3 is 0 Å². The van der Waals surface area contributed by atoms with E-state index in [1.165, 1.54) is 0 Å². The predicted octanol–water partition coefficient (Wildman–Crippen LogP) is 5.20. The lowest BCUT2D eigenvalue weighted by Gasteiger charge is -2.08. The van der Waals surface area contributed by atoms with Crippen molar-refractivity contribution in [3.8, 4) is 5.75 Å². The molecule has 2 aromatic carbocycles. The summed E-state index contributed by atoms with van der Waals surface area (Å²) < 4.78 is 7.83. The number of aromatic nitrogens is 2. The van der Waals surface area contributed by atoms with Crippen LogP contribution in [0.5, 0.6) is 5.75 Å². The van der Waals surface area contributed by atoms with Gasteiger partial charge in [-0.15, -0.1) is 11.8 Å². The van der Waals surface area contributed by atoms with Crippen LogP contribution < -0.4 is 10.1 Å². The Bertz CT molecular complexity index is 1150. The molecule has 5 nitrogen and oxygen atoms in total. The number of ether oxygens (including phenoxy) is 1. The number of anilines is 1. The second kappa shape index (κ2) is 8.41. The lowest BCUT2D eigenvalue weighted by Crippen LogP contribution is -2.11. The molecule has 0 saturated heterocycles. The molecule has 0 saturated carbocycles. The number of carbonyl (C=O) groups is 1. The highest BCUT2D eigenvalue weighted by Gasteiger charge is 2.08. The number of rotatable bonds is 6. The summed E-state index contributed by atoms with van der Waals surface area (Å²) in [6.45, 7) is 2.40. The summed E-state index contributed by atoms with van der Waals surface area (Å²) >= 11 is 1.64. The average Bonchev–Trinajstić information content (AvgIpc) is 3.17. The van der Waals surface area contributed by atoms with Crippen molar-refractivity contribution in [2.75, 3.05) is 11.6 Å². The number of hydrogen-bond donors (Lipinski definition) is 1. The van der Waals surface area contributed by atoms with Crippen molar-refractivity contribution in [1.82, 2.24) is 9.38 Å². The zero-order valence-electron chi connectivity index (χ0n) is 16.3. The lowest BCUT2D eigenvalue weighted by atomic mass is 10.2. The number of nitrogens with one attached hydrogen (secondary N) is 1. The van der Waals surface area contributed by atoms with Crippen LogP contribution in [0.4, 0.5) is 5.69 Å². The van der Waals surface area contributed by atoms with Crippen LogP contribution in [-0.2, 0) is 6.61 Å². The van der Waals surface area contributed by atoms with E-state index < -0.39 is 0 Å². The van der Waals surface area contributed by atoms with Gasteiger partial charge in [-0.25, -0.2) is 4.98 Å². The van der Waals surface area contributed by atoms with Crippen LogP contribution in [0.3, 0.4) is 0 Å². The van der Waals surface area contributed by atoms with Crippen LogP contribution >= 0.6 is 11.8 Å². The quantitative estimate of drug-likeness (QED) is 0.450. The van der Waals surface area contributed by atoms with Crippen molar-refractivity contribution in [2.24, 2.45) is 0 Å². The third kappa shape index (κ3) is 4.43. The Kier molecular flexibility index (Phi) is 5.53. The number of amides is 1. The first-order valence-electron chi connectivity index (χ1n) is 9.24. The van der Waals surface area contributed by atoms with Gasteiger partial charge in [0.25, 0.3) is 5.91 Å². The van der Waals surface area contributed by atoms with Crippen LogP contribution in [0.15, 0.2) is 78.0 Å². The molecule has 0 atom stereocenters. The molecule has 1 amide bonds. The van der Waals surface area contributed by atoms with Crippen molar-refractivity contribution >= 4 is 29.0 Å². The monoisotopic (exact) mass is 403 g/mol. The minimum Gasteiger partial charge on any atom is -0.487 e. The Balaban J connectivity index is 1.39. The molecule has 4 aromatic rings. The maximum absolute atomic E-state index is 12.5. The molecule has 0 radical (unpaired) electrons. The fourth-order valence-electron chi connectivity index (χ4n) is 3.04. The van der Waals surface area contributed by atoms with E-state index in [0.29, 0.717) is 17.9 Å². The van der Waals surface area contributed by atoms with Crippen molar-refractivity contribution in [1.29, 1.82) is 0 Å². The van der Waals surface area contributed by atoms with E-state index in [9.17, 15) is 4.79 Å². The van der Waals surface area contributed by atoms with E-state index in [4.69, 9.17) is 4.74 Å². The molecule has 6 heteroatoms. The number of hydrogen-bond acceptors (Lipinski definition) is 4. The fraction of sp³-hybridized carbons (Fsp3) is 0.130. The first-order valence-corrected chi connectivity index (χ1v) is 10.5. The Morgan fingerprint density at radius 2 is 1.97 bits per heavy atom. The van der Waals surface area contributed by atoms with Gasteiger partial charge in [0.15, 0.2) is 0 Å². The molecule has 0 spiro atoms. The SMILES string of the molecule is CSc1cccc(NC(=O)c2ccc(OCc3cn4cccc(C)c4n3)cc2)c1. The Hall–Kier alpha value is -3.25. The molecule has 2 heterocycles. The minimum absolute atomic E-state index is 0.148. The van der Waals surface area contributed by atoms with Crippen molar-refractivity contribution in [3.05, 3.63) is 89.9 Å². The smallest absolute Gasteiger partial charge is 0.255 e. The third-order valence-corrected chi connectivity index (χ3v) is 5.28. The average molecular weight is 404 g/mol. The van der Waals surface area contributed by atoms with Crippen LogP contribution in [0.25, 0.3) is 5.65 Å². The van der Waals surface area contributed by atoms with Gasteiger partial charge in [0.2, 0.25) is 0 Å². The summed E-state index contributed by atoms with van der Waals surface area (Å²) in [6, 6.07) is 18.9. The van der Waals surface area contributed by atoms with E-state index in [2.05, 4.69) is 10.3 Å². The zero-order chi connectivity index (χ0) is 20.2. The van der Waals surface area contributed by atoms with Crippen molar-refractivity contribution < 1.29 is 9.53 Å². The molecule has 1 N–H and O–H groups in total. The number of aryl methyl sites for hydroxylation is 1. The summed E-state index contributed by atoms with van der Waals surface area (Å²) in [5.41, 5.74) is 4.27. The second-order valence-corrected chi connectivity index (χ2v) is 7.53. The fourth-order valence-corrected chi connectivity index (χ4v) is 3.50. The molecule has 4 rings (SSSR count). The highest BCUT2D eigenvalue weighted by atomic mass is 32.2. The number of pyridine rings is 1. The zero-order valence-corrected chi connectivity index (χ0v) is 17.1. The largest absolute Gasteiger partial charge is 0.487 e. The molecular weight excluding hydrogens is 382 g/mol. The van der Waals surface area contributed by atoms with Crippen molar-refractivity contribution in [3.63, 3.8) is 0 Å². The minimum atomic E-state index is -0.148. The Labute approximate surface area is 173 Å². The number of imidazole rings is 1. The van der Waals surface area contributed by atoms with Gasteiger partial charge in [-0.2, -0.15) is 0 Å². The number of thioether (sulfide) groups is 1. The molecular formula is C23H21N3O2S. The maximum atomic E-state index is 12.5. The molecule has 0 unspecified atom stereocenters. The van der Waals surface area contributed by atoms with E-state index >= 15 is 0 Å². The topological polar surface area (TPSA) is 55.6 Å². The summed E-state index contributed by atoms with van der Waals surface area (Å²) in [5, 5.41) is 2.92. The van der Waals surface area contributed by atoms with Gasteiger partial charge in [-0.1, -0.05) is 12.1 Å².